The number of hydrogen-bond acceptors (Lipinski definition) is 3. The molecule has 0 fully saturated rings. The van der Waals surface area contributed by atoms with Crippen LogP contribution < -0.4 is 5.32 Å². The summed E-state index contributed by atoms with van der Waals surface area (Å²) in [5, 5.41) is 4.20. The molecule has 0 spiro atoms. The third kappa shape index (κ3) is 2.28. The van der Waals surface area contributed by atoms with Crippen LogP contribution in [0.1, 0.15) is 0 Å². The van der Waals surface area contributed by atoms with Crippen molar-refractivity contribution < 1.29 is 4.74 Å². The summed E-state index contributed by atoms with van der Waals surface area (Å²) in [7, 11) is 1.66. The Morgan fingerprint density at radius 1 is 1.70 bits per heavy atom. The zero-order chi connectivity index (χ0) is 7.40. The van der Waals surface area contributed by atoms with Crippen LogP contribution in [0, 0.1) is 0 Å². The summed E-state index contributed by atoms with van der Waals surface area (Å²) >= 11 is 5.01. The van der Waals surface area contributed by atoms with E-state index in [1.807, 2.05) is 12.1 Å². The van der Waals surface area contributed by atoms with E-state index in [9.17, 15) is 0 Å². The first-order chi connectivity index (χ1) is 4.83. The smallest absolute Gasteiger partial charge is 0.116 e. The molecule has 0 amide bonds. The van der Waals surface area contributed by atoms with Gasteiger partial charge in [-0.3, -0.25) is 0 Å². The van der Waals surface area contributed by atoms with Gasteiger partial charge in [0.15, 0.2) is 0 Å². The molecular formula is C6H8BrNOS. The number of ether oxygens (including phenoxy) is 1. The highest BCUT2D eigenvalue weighted by Crippen LogP contribution is 2.25. The summed E-state index contributed by atoms with van der Waals surface area (Å²) in [6.45, 7) is 0.562. The fraction of sp³-hybridized carbons (Fsp3) is 0.333. The predicted octanol–water partition coefficient (Wildman–Crippen LogP) is 2.53. The van der Waals surface area contributed by atoms with E-state index in [4.69, 9.17) is 4.74 Å². The zero-order valence-corrected chi connectivity index (χ0v) is 7.96. The summed E-state index contributed by atoms with van der Waals surface area (Å²) < 4.78 is 5.97. The highest BCUT2D eigenvalue weighted by Gasteiger charge is 1.93. The Kier molecular flexibility index (Phi) is 3.18. The molecule has 0 aliphatic heterocycles. The Balaban J connectivity index is 2.42. The van der Waals surface area contributed by atoms with Gasteiger partial charge in [-0.2, -0.15) is 0 Å². The lowest BCUT2D eigenvalue weighted by Crippen LogP contribution is -2.00. The molecule has 1 heterocycles. The average Bonchev–Trinajstić information content (AvgIpc) is 2.31. The predicted molar refractivity (Wildman–Crippen MR) is 47.5 cm³/mol. The molecule has 0 aromatic carbocycles. The third-order valence-electron chi connectivity index (χ3n) is 0.964. The first-order valence-electron chi connectivity index (χ1n) is 2.81. The molecule has 0 bridgehead atoms. The fourth-order valence-electron chi connectivity index (χ4n) is 0.553. The Labute approximate surface area is 72.3 Å². The Hall–Kier alpha value is -0.0600. The van der Waals surface area contributed by atoms with Gasteiger partial charge in [0, 0.05) is 7.11 Å². The summed E-state index contributed by atoms with van der Waals surface area (Å²) in [4.78, 5) is 0. The van der Waals surface area contributed by atoms with Gasteiger partial charge in [0.2, 0.25) is 0 Å². The van der Waals surface area contributed by atoms with Crippen molar-refractivity contribution in [1.29, 1.82) is 0 Å². The molecule has 0 radical (unpaired) electrons. The SMILES string of the molecule is COCNc1ccc(Br)s1. The topological polar surface area (TPSA) is 21.3 Å². The molecule has 0 saturated carbocycles. The van der Waals surface area contributed by atoms with Gasteiger partial charge in [0.1, 0.15) is 6.73 Å². The van der Waals surface area contributed by atoms with Gasteiger partial charge in [-0.1, -0.05) is 0 Å². The minimum atomic E-state index is 0.562. The number of thiophene rings is 1. The highest BCUT2D eigenvalue weighted by molar-refractivity contribution is 9.11. The molecule has 0 unspecified atom stereocenters. The molecule has 0 aliphatic rings. The largest absolute Gasteiger partial charge is 0.365 e. The summed E-state index contributed by atoms with van der Waals surface area (Å²) in [6.07, 6.45) is 0. The Bertz CT molecular complexity index is 201. The molecule has 4 heteroatoms. The molecule has 10 heavy (non-hydrogen) atoms. The number of methoxy groups -OCH3 is 1. The lowest BCUT2D eigenvalue weighted by Gasteiger charge is -1.98. The average molecular weight is 222 g/mol. The van der Waals surface area contributed by atoms with Gasteiger partial charge in [-0.25, -0.2) is 0 Å². The lowest BCUT2D eigenvalue weighted by molar-refractivity contribution is 0.221. The summed E-state index contributed by atoms with van der Waals surface area (Å²) in [5.74, 6) is 0. The van der Waals surface area contributed by atoms with Crippen molar-refractivity contribution in [3.8, 4) is 0 Å². The lowest BCUT2D eigenvalue weighted by atomic mass is 10.6. The van der Waals surface area contributed by atoms with Gasteiger partial charge in [-0.05, 0) is 28.1 Å². The van der Waals surface area contributed by atoms with Gasteiger partial charge >= 0.3 is 0 Å². The number of nitrogens with one attached hydrogen (secondary N) is 1. The van der Waals surface area contributed by atoms with Crippen LogP contribution >= 0.6 is 27.3 Å². The van der Waals surface area contributed by atoms with Crippen LogP contribution in [-0.4, -0.2) is 13.8 Å². The first kappa shape index (κ1) is 8.04. The molecular weight excluding hydrogens is 214 g/mol. The second-order valence-electron chi connectivity index (χ2n) is 1.71. The van der Waals surface area contributed by atoms with Crippen molar-refractivity contribution >= 4 is 32.3 Å². The van der Waals surface area contributed by atoms with Crippen LogP contribution in [0.15, 0.2) is 15.9 Å². The van der Waals surface area contributed by atoms with Crippen molar-refractivity contribution in [2.75, 3.05) is 19.2 Å². The van der Waals surface area contributed by atoms with E-state index in [1.165, 1.54) is 0 Å². The van der Waals surface area contributed by atoms with E-state index in [0.717, 1.165) is 8.79 Å². The number of anilines is 1. The summed E-state index contributed by atoms with van der Waals surface area (Å²) in [6, 6.07) is 4.01. The quantitative estimate of drug-likeness (QED) is 0.793. The van der Waals surface area contributed by atoms with Crippen LogP contribution in [0.2, 0.25) is 0 Å². The second-order valence-corrected chi connectivity index (χ2v) is 4.18. The van der Waals surface area contributed by atoms with Crippen LogP contribution in [0.25, 0.3) is 0 Å². The molecule has 56 valence electrons. The first-order valence-corrected chi connectivity index (χ1v) is 4.42. The Morgan fingerprint density at radius 2 is 2.50 bits per heavy atom. The van der Waals surface area contributed by atoms with Crippen molar-refractivity contribution in [2.24, 2.45) is 0 Å². The van der Waals surface area contributed by atoms with Crippen molar-refractivity contribution in [1.82, 2.24) is 0 Å². The van der Waals surface area contributed by atoms with Crippen LogP contribution in [0.5, 0.6) is 0 Å². The van der Waals surface area contributed by atoms with E-state index in [-0.39, 0.29) is 0 Å². The molecule has 0 atom stereocenters. The van der Waals surface area contributed by atoms with E-state index >= 15 is 0 Å². The maximum absolute atomic E-state index is 4.84. The van der Waals surface area contributed by atoms with Gasteiger partial charge in [-0.15, -0.1) is 11.3 Å². The van der Waals surface area contributed by atoms with E-state index in [0.29, 0.717) is 6.73 Å². The van der Waals surface area contributed by atoms with Crippen LogP contribution in [0.4, 0.5) is 5.00 Å². The number of hydrogen-bond donors (Lipinski definition) is 1. The van der Waals surface area contributed by atoms with Gasteiger partial charge in [0.05, 0.1) is 8.79 Å². The van der Waals surface area contributed by atoms with Gasteiger partial charge < -0.3 is 10.1 Å². The molecule has 0 aliphatic carbocycles. The second kappa shape index (κ2) is 3.95. The van der Waals surface area contributed by atoms with Crippen LogP contribution in [-0.2, 0) is 4.74 Å². The zero-order valence-electron chi connectivity index (χ0n) is 5.56. The van der Waals surface area contributed by atoms with Crippen molar-refractivity contribution in [3.63, 3.8) is 0 Å². The van der Waals surface area contributed by atoms with E-state index < -0.39 is 0 Å². The normalized spacial score (nSPS) is 9.80. The maximum Gasteiger partial charge on any atom is 0.116 e. The fourth-order valence-corrected chi connectivity index (χ4v) is 1.82. The maximum atomic E-state index is 4.84. The number of rotatable bonds is 3. The van der Waals surface area contributed by atoms with E-state index in [1.54, 1.807) is 18.4 Å². The van der Waals surface area contributed by atoms with Crippen molar-refractivity contribution in [2.45, 2.75) is 0 Å². The molecule has 1 aromatic heterocycles. The van der Waals surface area contributed by atoms with Gasteiger partial charge in [0.25, 0.3) is 0 Å². The molecule has 0 saturated heterocycles. The summed E-state index contributed by atoms with van der Waals surface area (Å²) in [5.41, 5.74) is 0. The third-order valence-corrected chi connectivity index (χ3v) is 2.55. The highest BCUT2D eigenvalue weighted by atomic mass is 79.9. The monoisotopic (exact) mass is 221 g/mol. The number of halogens is 1. The molecule has 2 nitrogen and oxygen atoms in total. The Morgan fingerprint density at radius 3 is 3.00 bits per heavy atom. The minimum absolute atomic E-state index is 0.562. The standard InChI is InChI=1S/C6H8BrNOS/c1-9-4-8-6-3-2-5(7)10-6/h2-3,8H,4H2,1H3. The van der Waals surface area contributed by atoms with E-state index in [2.05, 4.69) is 21.2 Å². The van der Waals surface area contributed by atoms with Crippen molar-refractivity contribution in [3.05, 3.63) is 15.9 Å². The molecule has 1 aromatic rings. The minimum Gasteiger partial charge on any atom is -0.365 e. The van der Waals surface area contributed by atoms with Crippen LogP contribution in [0.3, 0.4) is 0 Å². The molecule has 1 rings (SSSR count). The molecule has 1 N–H and O–H groups in total.